The van der Waals surface area contributed by atoms with E-state index in [1.54, 1.807) is 0 Å². The molecular weight excluding hydrogens is 184 g/mol. The second-order valence-electron chi connectivity index (χ2n) is 2.48. The molecule has 0 atom stereocenters. The van der Waals surface area contributed by atoms with Crippen LogP contribution >= 0.6 is 0 Å². The maximum atomic E-state index is 9.96. The lowest BCUT2D eigenvalue weighted by atomic mass is 10.3. The van der Waals surface area contributed by atoms with Gasteiger partial charge in [0.1, 0.15) is 6.29 Å². The summed E-state index contributed by atoms with van der Waals surface area (Å²) in [6.45, 7) is 0. The Labute approximate surface area is 81.8 Å². The van der Waals surface area contributed by atoms with Gasteiger partial charge in [-0.25, -0.2) is 0 Å². The minimum Gasteiger partial charge on any atom is -0.368 e. The molecule has 78 valence electrons. The van der Waals surface area contributed by atoms with Crippen LogP contribution < -0.4 is 11.5 Å². The average Bonchev–Trinajstić information content (AvgIpc) is 2.09. The van der Waals surface area contributed by atoms with Gasteiger partial charge in [-0.2, -0.15) is 10.1 Å². The van der Waals surface area contributed by atoms with Gasteiger partial charge in [-0.1, -0.05) is 0 Å². The van der Waals surface area contributed by atoms with Gasteiger partial charge in [0.05, 0.1) is 0 Å². The summed E-state index contributed by atoms with van der Waals surface area (Å²) < 4.78 is 0. The number of guanidine groups is 2. The highest BCUT2D eigenvalue weighted by molar-refractivity contribution is 5.94. The van der Waals surface area contributed by atoms with E-state index in [-0.39, 0.29) is 0 Å². The highest BCUT2D eigenvalue weighted by atomic mass is 16.1. The predicted octanol–water partition coefficient (Wildman–Crippen LogP) is -0.570. The number of hydrazone groups is 1. The summed E-state index contributed by atoms with van der Waals surface area (Å²) in [4.78, 5) is 9.96. The van der Waals surface area contributed by atoms with Crippen LogP contribution in [0, 0.1) is 10.8 Å². The standard InChI is InChI=1S/C7H14N6O/c8-6(9)13(7(10)11)12-4-2-1-3-5-14/h4-5H,1-3H2,(H3,8,9)(H3,10,11). The molecule has 0 rings (SSSR count). The molecule has 0 heterocycles. The van der Waals surface area contributed by atoms with Gasteiger partial charge in [0, 0.05) is 12.6 Å². The van der Waals surface area contributed by atoms with Crippen molar-refractivity contribution in [2.24, 2.45) is 16.6 Å². The predicted molar refractivity (Wildman–Crippen MR) is 54.1 cm³/mol. The third-order valence-corrected chi connectivity index (χ3v) is 1.31. The molecule has 0 bridgehead atoms. The van der Waals surface area contributed by atoms with Crippen molar-refractivity contribution >= 4 is 24.4 Å². The van der Waals surface area contributed by atoms with E-state index in [1.807, 2.05) is 0 Å². The van der Waals surface area contributed by atoms with Gasteiger partial charge in [0.2, 0.25) is 11.9 Å². The van der Waals surface area contributed by atoms with Crippen LogP contribution in [0.4, 0.5) is 0 Å². The molecule has 0 saturated carbocycles. The van der Waals surface area contributed by atoms with Crippen LogP contribution in [0.1, 0.15) is 19.3 Å². The molecular formula is C7H14N6O. The molecule has 7 heteroatoms. The molecule has 0 aliphatic heterocycles. The summed E-state index contributed by atoms with van der Waals surface area (Å²) in [5.74, 6) is -0.826. The highest BCUT2D eigenvalue weighted by Crippen LogP contribution is 1.91. The van der Waals surface area contributed by atoms with E-state index in [0.29, 0.717) is 19.3 Å². The number of carbonyl (C=O) groups is 1. The molecule has 0 aromatic heterocycles. The Bertz CT molecular complexity index is 235. The zero-order valence-electron chi connectivity index (χ0n) is 7.73. The van der Waals surface area contributed by atoms with Gasteiger partial charge < -0.3 is 16.3 Å². The maximum absolute atomic E-state index is 9.96. The van der Waals surface area contributed by atoms with Crippen molar-refractivity contribution in [3.8, 4) is 0 Å². The SMILES string of the molecule is N=C(N)N(N=CCCCC=O)C(=N)N. The Morgan fingerprint density at radius 2 is 1.86 bits per heavy atom. The minimum atomic E-state index is -0.413. The van der Waals surface area contributed by atoms with Crippen LogP contribution in [-0.2, 0) is 4.79 Å². The number of nitrogens with two attached hydrogens (primary N) is 2. The van der Waals surface area contributed by atoms with Crippen molar-refractivity contribution in [1.82, 2.24) is 5.01 Å². The molecule has 0 aliphatic rings. The smallest absolute Gasteiger partial charge is 0.216 e. The Morgan fingerprint density at radius 3 is 2.29 bits per heavy atom. The zero-order valence-corrected chi connectivity index (χ0v) is 7.73. The maximum Gasteiger partial charge on any atom is 0.216 e. The van der Waals surface area contributed by atoms with E-state index in [1.165, 1.54) is 6.21 Å². The Balaban J connectivity index is 3.97. The van der Waals surface area contributed by atoms with Crippen LogP contribution in [0.2, 0.25) is 0 Å². The number of unbranched alkanes of at least 4 members (excludes halogenated alkanes) is 2. The van der Waals surface area contributed by atoms with Crippen LogP contribution in [0.25, 0.3) is 0 Å². The number of rotatable bonds is 5. The normalized spacial score (nSPS) is 10.0. The lowest BCUT2D eigenvalue weighted by molar-refractivity contribution is -0.107. The van der Waals surface area contributed by atoms with Crippen LogP contribution in [0.15, 0.2) is 5.10 Å². The van der Waals surface area contributed by atoms with Crippen molar-refractivity contribution in [3.05, 3.63) is 0 Å². The molecule has 6 N–H and O–H groups in total. The van der Waals surface area contributed by atoms with Gasteiger partial charge in [0.15, 0.2) is 0 Å². The molecule has 0 unspecified atom stereocenters. The van der Waals surface area contributed by atoms with E-state index in [9.17, 15) is 4.79 Å². The fourth-order valence-corrected chi connectivity index (χ4v) is 0.686. The first-order valence-corrected chi connectivity index (χ1v) is 4.03. The van der Waals surface area contributed by atoms with Gasteiger partial charge in [-0.3, -0.25) is 10.8 Å². The van der Waals surface area contributed by atoms with E-state index < -0.39 is 11.9 Å². The first-order valence-electron chi connectivity index (χ1n) is 4.03. The average molecular weight is 198 g/mol. The van der Waals surface area contributed by atoms with Crippen molar-refractivity contribution < 1.29 is 4.79 Å². The lowest BCUT2D eigenvalue weighted by Gasteiger charge is -2.12. The number of hydrogen-bond donors (Lipinski definition) is 4. The second kappa shape index (κ2) is 6.58. The minimum absolute atomic E-state index is 0.413. The quantitative estimate of drug-likeness (QED) is 0.155. The number of carbonyl (C=O) groups excluding carboxylic acids is 1. The lowest BCUT2D eigenvalue weighted by Crippen LogP contribution is -2.41. The van der Waals surface area contributed by atoms with Crippen molar-refractivity contribution in [2.75, 3.05) is 0 Å². The van der Waals surface area contributed by atoms with Gasteiger partial charge in [-0.15, -0.1) is 0 Å². The van der Waals surface area contributed by atoms with Crippen LogP contribution in [0.5, 0.6) is 0 Å². The van der Waals surface area contributed by atoms with Crippen molar-refractivity contribution in [3.63, 3.8) is 0 Å². The molecule has 0 radical (unpaired) electrons. The number of aldehydes is 1. The van der Waals surface area contributed by atoms with Crippen LogP contribution in [0.3, 0.4) is 0 Å². The summed E-state index contributed by atoms with van der Waals surface area (Å²) in [6, 6.07) is 0. The van der Waals surface area contributed by atoms with Crippen LogP contribution in [-0.4, -0.2) is 29.4 Å². The molecule has 0 fully saturated rings. The zero-order chi connectivity index (χ0) is 11.0. The van der Waals surface area contributed by atoms with E-state index >= 15 is 0 Å². The molecule has 0 aromatic carbocycles. The molecule has 0 saturated heterocycles. The third kappa shape index (κ3) is 4.86. The number of hydrogen-bond acceptors (Lipinski definition) is 4. The summed E-state index contributed by atoms with van der Waals surface area (Å²) >= 11 is 0. The Morgan fingerprint density at radius 1 is 1.29 bits per heavy atom. The Hall–Kier alpha value is -1.92. The third-order valence-electron chi connectivity index (χ3n) is 1.31. The van der Waals surface area contributed by atoms with Crippen molar-refractivity contribution in [1.29, 1.82) is 10.8 Å². The topological polar surface area (TPSA) is 132 Å². The van der Waals surface area contributed by atoms with Gasteiger partial charge >= 0.3 is 0 Å². The summed E-state index contributed by atoms with van der Waals surface area (Å²) in [5.41, 5.74) is 10.2. The second-order valence-corrected chi connectivity index (χ2v) is 2.48. The summed E-state index contributed by atoms with van der Waals surface area (Å²) in [7, 11) is 0. The van der Waals surface area contributed by atoms with E-state index in [4.69, 9.17) is 22.3 Å². The first kappa shape index (κ1) is 12.1. The van der Waals surface area contributed by atoms with E-state index in [0.717, 1.165) is 11.3 Å². The fraction of sp³-hybridized carbons (Fsp3) is 0.429. The number of nitrogens with zero attached hydrogens (tertiary/aromatic N) is 2. The number of nitrogens with one attached hydrogen (secondary N) is 2. The first-order chi connectivity index (χ1) is 6.59. The largest absolute Gasteiger partial charge is 0.368 e. The molecule has 0 aromatic rings. The fourth-order valence-electron chi connectivity index (χ4n) is 0.686. The van der Waals surface area contributed by atoms with Gasteiger partial charge in [0.25, 0.3) is 0 Å². The van der Waals surface area contributed by atoms with Gasteiger partial charge in [-0.05, 0) is 12.8 Å². The molecule has 0 spiro atoms. The summed E-state index contributed by atoms with van der Waals surface area (Å²) in [6.07, 6.45) is 4.01. The highest BCUT2D eigenvalue weighted by Gasteiger charge is 2.05. The Kier molecular flexibility index (Phi) is 5.68. The summed E-state index contributed by atoms with van der Waals surface area (Å²) in [5, 5.41) is 18.5. The molecule has 0 aliphatic carbocycles. The molecule has 0 amide bonds. The van der Waals surface area contributed by atoms with Crippen molar-refractivity contribution in [2.45, 2.75) is 19.3 Å². The molecule has 14 heavy (non-hydrogen) atoms. The van der Waals surface area contributed by atoms with E-state index in [2.05, 4.69) is 5.10 Å². The monoisotopic (exact) mass is 198 g/mol. The molecule has 7 nitrogen and oxygen atoms in total.